The van der Waals surface area contributed by atoms with E-state index in [0.717, 1.165) is 22.0 Å². The Kier molecular flexibility index (Phi) is 3.65. The van der Waals surface area contributed by atoms with Crippen LogP contribution in [0, 0.1) is 5.82 Å². The van der Waals surface area contributed by atoms with Crippen molar-refractivity contribution in [1.82, 2.24) is 19.7 Å². The van der Waals surface area contributed by atoms with Crippen LogP contribution >= 0.6 is 11.6 Å². The maximum absolute atomic E-state index is 13.1. The number of rotatable bonds is 3. The molecule has 0 radical (unpaired) electrons. The average Bonchev–Trinajstić information content (AvgIpc) is 3.31. The van der Waals surface area contributed by atoms with Crippen LogP contribution in [0.3, 0.4) is 0 Å². The second kappa shape index (κ2) is 6.17. The number of hydrogen-bond acceptors (Lipinski definition) is 4. The molecular weight excluding hydrogens is 367 g/mol. The summed E-state index contributed by atoms with van der Waals surface area (Å²) >= 11 is 6.30. The van der Waals surface area contributed by atoms with E-state index in [2.05, 4.69) is 15.1 Å². The molecule has 0 saturated heterocycles. The first kappa shape index (κ1) is 16.0. The Morgan fingerprint density at radius 1 is 1.07 bits per heavy atom. The van der Waals surface area contributed by atoms with Crippen LogP contribution in [0.25, 0.3) is 33.2 Å². The van der Waals surface area contributed by atoms with Gasteiger partial charge in [-0.3, -0.25) is 0 Å². The van der Waals surface area contributed by atoms with Gasteiger partial charge in [0.05, 0.1) is 23.9 Å². The van der Waals surface area contributed by atoms with E-state index >= 15 is 0 Å². The highest BCUT2D eigenvalue weighted by atomic mass is 35.5. The maximum Gasteiger partial charge on any atom is 0.157 e. The molecule has 0 aliphatic heterocycles. The Morgan fingerprint density at radius 2 is 1.89 bits per heavy atom. The Morgan fingerprint density at radius 3 is 2.74 bits per heavy atom. The van der Waals surface area contributed by atoms with Crippen LogP contribution in [0.1, 0.15) is 5.76 Å². The molecule has 0 atom stereocenters. The number of fused-ring (bicyclic) bond motifs is 3. The zero-order valence-electron chi connectivity index (χ0n) is 13.9. The molecule has 0 spiro atoms. The minimum Gasteiger partial charge on any atom is -0.359 e. The zero-order chi connectivity index (χ0) is 18.4. The fraction of sp³-hybridized carbons (Fsp3) is 0.0500. The van der Waals surface area contributed by atoms with Crippen molar-refractivity contribution in [3.63, 3.8) is 0 Å². The summed E-state index contributed by atoms with van der Waals surface area (Å²) in [5, 5.41) is 5.42. The highest BCUT2D eigenvalue weighted by Gasteiger charge is 2.14. The fourth-order valence-corrected chi connectivity index (χ4v) is 3.41. The van der Waals surface area contributed by atoms with Crippen LogP contribution in [0.4, 0.5) is 4.39 Å². The van der Waals surface area contributed by atoms with Gasteiger partial charge in [0.1, 0.15) is 17.0 Å². The highest BCUT2D eigenvalue weighted by Crippen LogP contribution is 2.29. The highest BCUT2D eigenvalue weighted by molar-refractivity contribution is 6.35. The number of pyridine rings is 1. The lowest BCUT2D eigenvalue weighted by Crippen LogP contribution is -1.97. The first-order valence-electron chi connectivity index (χ1n) is 8.29. The Balaban J connectivity index is 1.57. The Labute approximate surface area is 158 Å². The van der Waals surface area contributed by atoms with E-state index in [9.17, 15) is 4.39 Å². The molecule has 0 N–H and O–H groups in total. The van der Waals surface area contributed by atoms with E-state index in [-0.39, 0.29) is 5.82 Å². The lowest BCUT2D eigenvalue weighted by atomic mass is 10.1. The number of imidazole rings is 1. The van der Waals surface area contributed by atoms with Crippen LogP contribution in [0.15, 0.2) is 65.4 Å². The average molecular weight is 379 g/mol. The third-order valence-corrected chi connectivity index (χ3v) is 4.70. The first-order chi connectivity index (χ1) is 13.2. The van der Waals surface area contributed by atoms with Crippen molar-refractivity contribution in [2.45, 2.75) is 6.54 Å². The molecule has 0 unspecified atom stereocenters. The van der Waals surface area contributed by atoms with Crippen LogP contribution in [-0.2, 0) is 6.54 Å². The molecule has 3 heterocycles. The van der Waals surface area contributed by atoms with Gasteiger partial charge < -0.3 is 9.09 Å². The summed E-state index contributed by atoms with van der Waals surface area (Å²) in [6, 6.07) is 15.7. The molecule has 7 heteroatoms. The van der Waals surface area contributed by atoms with Crippen LogP contribution in [0.2, 0.25) is 5.15 Å². The Hall–Kier alpha value is -3.25. The largest absolute Gasteiger partial charge is 0.359 e. The number of aromatic nitrogens is 4. The summed E-state index contributed by atoms with van der Waals surface area (Å²) in [7, 11) is 0. The smallest absolute Gasteiger partial charge is 0.157 e. The van der Waals surface area contributed by atoms with Gasteiger partial charge in [-0.1, -0.05) is 35.0 Å². The normalized spacial score (nSPS) is 11.5. The lowest BCUT2D eigenvalue weighted by molar-refractivity contribution is 0.379. The van der Waals surface area contributed by atoms with Gasteiger partial charge in [0.15, 0.2) is 10.9 Å². The number of benzene rings is 2. The quantitative estimate of drug-likeness (QED) is 0.411. The van der Waals surface area contributed by atoms with Gasteiger partial charge in [0.25, 0.3) is 0 Å². The van der Waals surface area contributed by atoms with Crippen molar-refractivity contribution in [2.75, 3.05) is 0 Å². The minimum atomic E-state index is -0.287. The molecule has 0 amide bonds. The second-order valence-electron chi connectivity index (χ2n) is 6.17. The van der Waals surface area contributed by atoms with Gasteiger partial charge in [0, 0.05) is 17.0 Å². The van der Waals surface area contributed by atoms with Crippen molar-refractivity contribution in [1.29, 1.82) is 0 Å². The monoisotopic (exact) mass is 378 g/mol. The van der Waals surface area contributed by atoms with E-state index in [1.165, 1.54) is 12.1 Å². The van der Waals surface area contributed by atoms with Gasteiger partial charge in [-0.2, -0.15) is 0 Å². The molecular formula is C20H12ClFN4O. The summed E-state index contributed by atoms with van der Waals surface area (Å²) in [5.74, 6) is 0.371. The zero-order valence-corrected chi connectivity index (χ0v) is 14.7. The fourth-order valence-electron chi connectivity index (χ4n) is 3.18. The molecule has 2 aromatic carbocycles. The van der Waals surface area contributed by atoms with E-state index in [0.29, 0.717) is 28.7 Å². The van der Waals surface area contributed by atoms with Gasteiger partial charge >= 0.3 is 0 Å². The molecule has 0 aliphatic rings. The molecule has 0 fully saturated rings. The van der Waals surface area contributed by atoms with Gasteiger partial charge in [0.2, 0.25) is 0 Å². The van der Waals surface area contributed by atoms with Crippen molar-refractivity contribution in [3.05, 3.63) is 77.7 Å². The second-order valence-corrected chi connectivity index (χ2v) is 6.53. The molecule has 5 aromatic rings. The molecule has 0 aliphatic carbocycles. The third kappa shape index (κ3) is 2.74. The van der Waals surface area contributed by atoms with E-state index < -0.39 is 0 Å². The minimum absolute atomic E-state index is 0.287. The summed E-state index contributed by atoms with van der Waals surface area (Å²) in [5.41, 5.74) is 3.79. The van der Waals surface area contributed by atoms with Crippen molar-refractivity contribution < 1.29 is 8.91 Å². The molecule has 0 bridgehead atoms. The van der Waals surface area contributed by atoms with Crippen molar-refractivity contribution in [3.8, 4) is 11.3 Å². The standard InChI is InChI=1S/C20H12ClFN4O/c21-20-18-19(15-3-1-2-4-16(15)24-20)26(11-23-18)10-14-9-17(25-27-14)12-5-7-13(22)8-6-12/h1-9,11H,10H2. The molecule has 0 saturated carbocycles. The van der Waals surface area contributed by atoms with E-state index in [4.69, 9.17) is 16.1 Å². The predicted molar refractivity (Wildman–Crippen MR) is 101 cm³/mol. The van der Waals surface area contributed by atoms with E-state index in [1.807, 2.05) is 34.9 Å². The van der Waals surface area contributed by atoms with Gasteiger partial charge in [-0.25, -0.2) is 14.4 Å². The molecule has 27 heavy (non-hydrogen) atoms. The third-order valence-electron chi connectivity index (χ3n) is 4.44. The number of nitrogens with zero attached hydrogens (tertiary/aromatic N) is 4. The molecule has 5 rings (SSSR count). The molecule has 5 nitrogen and oxygen atoms in total. The van der Waals surface area contributed by atoms with Crippen molar-refractivity contribution >= 4 is 33.5 Å². The number of hydrogen-bond donors (Lipinski definition) is 0. The molecule has 132 valence electrons. The summed E-state index contributed by atoms with van der Waals surface area (Å²) in [4.78, 5) is 8.80. The molecule has 3 aromatic heterocycles. The Bertz CT molecular complexity index is 1280. The number of para-hydroxylation sites is 1. The van der Waals surface area contributed by atoms with Crippen LogP contribution in [0.5, 0.6) is 0 Å². The SMILES string of the molecule is Fc1ccc(-c2cc(Cn3cnc4c(Cl)nc5ccccc5c43)on2)cc1. The topological polar surface area (TPSA) is 56.7 Å². The summed E-state index contributed by atoms with van der Waals surface area (Å²) in [6.07, 6.45) is 1.71. The first-order valence-corrected chi connectivity index (χ1v) is 8.67. The predicted octanol–water partition coefficient (Wildman–Crippen LogP) is 5.08. The van der Waals surface area contributed by atoms with E-state index in [1.54, 1.807) is 18.5 Å². The van der Waals surface area contributed by atoms with Gasteiger partial charge in [-0.05, 0) is 30.3 Å². The summed E-state index contributed by atoms with van der Waals surface area (Å²) in [6.45, 7) is 0.440. The maximum atomic E-state index is 13.1. The van der Waals surface area contributed by atoms with Crippen LogP contribution in [-0.4, -0.2) is 19.7 Å². The lowest BCUT2D eigenvalue weighted by Gasteiger charge is -2.05. The van der Waals surface area contributed by atoms with Crippen LogP contribution < -0.4 is 0 Å². The van der Waals surface area contributed by atoms with Crippen molar-refractivity contribution in [2.24, 2.45) is 0 Å². The summed E-state index contributed by atoms with van der Waals surface area (Å²) < 4.78 is 20.5. The number of halogens is 2. The van der Waals surface area contributed by atoms with Gasteiger partial charge in [-0.15, -0.1) is 0 Å².